The fourth-order valence-electron chi connectivity index (χ4n) is 1.50. The Labute approximate surface area is 105 Å². The first-order valence-corrected chi connectivity index (χ1v) is 5.67. The number of nitrogens with zero attached hydrogens (tertiary/aromatic N) is 1. The third-order valence-electron chi connectivity index (χ3n) is 2.33. The molecule has 1 aromatic carbocycles. The normalized spacial score (nSPS) is 9.82. The summed E-state index contributed by atoms with van der Waals surface area (Å²) in [5, 5.41) is 17.2. The Hall–Kier alpha value is -1.69. The van der Waals surface area contributed by atoms with E-state index in [4.69, 9.17) is 12.2 Å². The molecule has 0 bridgehead atoms. The fourth-order valence-corrected chi connectivity index (χ4v) is 1.75. The molecule has 0 aliphatic carbocycles. The number of benzene rings is 1. The third kappa shape index (κ3) is 3.39. The summed E-state index contributed by atoms with van der Waals surface area (Å²) < 4.78 is 0. The molecule has 6 heteroatoms. The Balaban J connectivity index is 3.03. The molecular formula is C11H15N3O2S. The van der Waals surface area contributed by atoms with E-state index in [0.717, 1.165) is 5.56 Å². The highest BCUT2D eigenvalue weighted by Gasteiger charge is 2.13. The zero-order chi connectivity index (χ0) is 13.0. The summed E-state index contributed by atoms with van der Waals surface area (Å²) in [6.07, 6.45) is 0. The van der Waals surface area contributed by atoms with Crippen molar-refractivity contribution in [2.24, 2.45) is 0 Å². The van der Waals surface area contributed by atoms with E-state index in [1.807, 2.05) is 13.8 Å². The minimum atomic E-state index is -0.393. The number of hydrogen-bond donors (Lipinski definition) is 2. The summed E-state index contributed by atoms with van der Waals surface area (Å²) >= 11 is 5.04. The second-order valence-electron chi connectivity index (χ2n) is 3.70. The van der Waals surface area contributed by atoms with Crippen LogP contribution in [-0.2, 0) is 0 Å². The maximum Gasteiger partial charge on any atom is 0.274 e. The van der Waals surface area contributed by atoms with Crippen LogP contribution >= 0.6 is 12.2 Å². The highest BCUT2D eigenvalue weighted by molar-refractivity contribution is 7.80. The Morgan fingerprint density at radius 3 is 2.59 bits per heavy atom. The van der Waals surface area contributed by atoms with Crippen molar-refractivity contribution in [2.75, 3.05) is 11.9 Å². The van der Waals surface area contributed by atoms with Crippen LogP contribution in [0.2, 0.25) is 0 Å². The van der Waals surface area contributed by atoms with Gasteiger partial charge in [0.1, 0.15) is 0 Å². The summed E-state index contributed by atoms with van der Waals surface area (Å²) in [5.41, 5.74) is 2.33. The number of anilines is 1. The van der Waals surface area contributed by atoms with E-state index in [9.17, 15) is 10.1 Å². The van der Waals surface area contributed by atoms with Crippen LogP contribution in [-0.4, -0.2) is 16.6 Å². The van der Waals surface area contributed by atoms with Gasteiger partial charge in [0, 0.05) is 18.2 Å². The zero-order valence-corrected chi connectivity index (χ0v) is 10.9. The molecule has 5 nitrogen and oxygen atoms in total. The second-order valence-corrected chi connectivity index (χ2v) is 4.10. The van der Waals surface area contributed by atoms with Crippen molar-refractivity contribution in [3.63, 3.8) is 0 Å². The second kappa shape index (κ2) is 5.58. The summed E-state index contributed by atoms with van der Waals surface area (Å²) in [7, 11) is 0. The molecule has 0 aromatic heterocycles. The SMILES string of the molecule is CCNC(=S)Nc1cc([N+](=O)[O-])c(C)cc1C. The Morgan fingerprint density at radius 1 is 1.41 bits per heavy atom. The molecule has 0 fully saturated rings. The number of hydrogen-bond acceptors (Lipinski definition) is 3. The van der Waals surface area contributed by atoms with Crippen LogP contribution in [0.1, 0.15) is 18.1 Å². The van der Waals surface area contributed by atoms with E-state index in [0.29, 0.717) is 22.9 Å². The molecule has 0 saturated heterocycles. The van der Waals surface area contributed by atoms with E-state index < -0.39 is 4.92 Å². The van der Waals surface area contributed by atoms with Crippen LogP contribution in [0.4, 0.5) is 11.4 Å². The molecule has 17 heavy (non-hydrogen) atoms. The van der Waals surface area contributed by atoms with Gasteiger partial charge in [0.05, 0.1) is 10.6 Å². The van der Waals surface area contributed by atoms with Gasteiger partial charge in [-0.2, -0.15) is 0 Å². The summed E-state index contributed by atoms with van der Waals surface area (Å²) in [4.78, 5) is 10.4. The highest BCUT2D eigenvalue weighted by Crippen LogP contribution is 2.26. The number of nitro benzene ring substituents is 1. The first-order chi connectivity index (χ1) is 7.95. The Kier molecular flexibility index (Phi) is 4.39. The first-order valence-electron chi connectivity index (χ1n) is 5.26. The van der Waals surface area contributed by atoms with Gasteiger partial charge in [-0.15, -0.1) is 0 Å². The average molecular weight is 253 g/mol. The maximum absolute atomic E-state index is 10.8. The van der Waals surface area contributed by atoms with Gasteiger partial charge < -0.3 is 10.6 Å². The summed E-state index contributed by atoms with van der Waals surface area (Å²) in [5.74, 6) is 0. The van der Waals surface area contributed by atoms with Crippen molar-refractivity contribution >= 4 is 28.7 Å². The molecule has 0 aliphatic heterocycles. The quantitative estimate of drug-likeness (QED) is 0.492. The minimum absolute atomic E-state index is 0.0948. The van der Waals surface area contributed by atoms with Crippen LogP contribution in [0.25, 0.3) is 0 Å². The van der Waals surface area contributed by atoms with Crippen LogP contribution < -0.4 is 10.6 Å². The van der Waals surface area contributed by atoms with Crippen molar-refractivity contribution in [3.05, 3.63) is 33.4 Å². The monoisotopic (exact) mass is 253 g/mol. The smallest absolute Gasteiger partial charge is 0.274 e. The van der Waals surface area contributed by atoms with Gasteiger partial charge in [-0.25, -0.2) is 0 Å². The molecule has 0 aliphatic rings. The topological polar surface area (TPSA) is 67.2 Å². The molecule has 0 spiro atoms. The van der Waals surface area contributed by atoms with Gasteiger partial charge in [0.15, 0.2) is 5.11 Å². The maximum atomic E-state index is 10.8. The largest absolute Gasteiger partial charge is 0.363 e. The summed E-state index contributed by atoms with van der Waals surface area (Å²) in [6, 6.07) is 3.28. The molecule has 0 saturated carbocycles. The number of thiocarbonyl (C=S) groups is 1. The van der Waals surface area contributed by atoms with E-state index in [1.54, 1.807) is 13.0 Å². The molecule has 1 aromatic rings. The Morgan fingerprint density at radius 2 is 2.06 bits per heavy atom. The predicted molar refractivity (Wildman–Crippen MR) is 72.5 cm³/mol. The average Bonchev–Trinajstić information content (AvgIpc) is 2.21. The van der Waals surface area contributed by atoms with Crippen LogP contribution in [0.15, 0.2) is 12.1 Å². The van der Waals surface area contributed by atoms with Gasteiger partial charge >= 0.3 is 0 Å². The molecule has 0 unspecified atom stereocenters. The van der Waals surface area contributed by atoms with Crippen molar-refractivity contribution in [1.82, 2.24) is 5.32 Å². The van der Waals surface area contributed by atoms with Crippen molar-refractivity contribution < 1.29 is 4.92 Å². The van der Waals surface area contributed by atoms with E-state index in [1.165, 1.54) is 6.07 Å². The predicted octanol–water partition coefficient (Wildman–Crippen LogP) is 2.52. The lowest BCUT2D eigenvalue weighted by Gasteiger charge is -2.12. The fraction of sp³-hybridized carbons (Fsp3) is 0.364. The molecule has 0 radical (unpaired) electrons. The molecule has 0 atom stereocenters. The van der Waals surface area contributed by atoms with Gasteiger partial charge in [0.2, 0.25) is 0 Å². The van der Waals surface area contributed by atoms with Gasteiger partial charge in [-0.3, -0.25) is 10.1 Å². The summed E-state index contributed by atoms with van der Waals surface area (Å²) in [6.45, 7) is 6.24. The lowest BCUT2D eigenvalue weighted by molar-refractivity contribution is -0.385. The van der Waals surface area contributed by atoms with Gasteiger partial charge in [-0.1, -0.05) is 0 Å². The van der Waals surface area contributed by atoms with E-state index in [-0.39, 0.29) is 5.69 Å². The standard InChI is InChI=1S/C11H15N3O2S/c1-4-12-11(17)13-9-6-10(14(15)16)8(3)5-7(9)2/h5-6H,4H2,1-3H3,(H2,12,13,17). The van der Waals surface area contributed by atoms with Crippen molar-refractivity contribution in [2.45, 2.75) is 20.8 Å². The van der Waals surface area contributed by atoms with Gasteiger partial charge in [-0.05, 0) is 44.6 Å². The van der Waals surface area contributed by atoms with Crippen molar-refractivity contribution in [1.29, 1.82) is 0 Å². The molecule has 1 rings (SSSR count). The first kappa shape index (κ1) is 13.4. The lowest BCUT2D eigenvalue weighted by atomic mass is 10.1. The zero-order valence-electron chi connectivity index (χ0n) is 10.0. The highest BCUT2D eigenvalue weighted by atomic mass is 32.1. The van der Waals surface area contributed by atoms with Crippen molar-refractivity contribution in [3.8, 4) is 0 Å². The lowest BCUT2D eigenvalue weighted by Crippen LogP contribution is -2.28. The number of aryl methyl sites for hydroxylation is 2. The van der Waals surface area contributed by atoms with Crippen LogP contribution in [0.5, 0.6) is 0 Å². The molecular weight excluding hydrogens is 238 g/mol. The number of nitro groups is 1. The third-order valence-corrected chi connectivity index (χ3v) is 2.57. The molecule has 0 amide bonds. The van der Waals surface area contributed by atoms with Crippen LogP contribution in [0.3, 0.4) is 0 Å². The van der Waals surface area contributed by atoms with E-state index >= 15 is 0 Å². The minimum Gasteiger partial charge on any atom is -0.363 e. The number of rotatable bonds is 3. The Bertz CT molecular complexity index is 460. The van der Waals surface area contributed by atoms with Gasteiger partial charge in [0.25, 0.3) is 5.69 Å². The molecule has 2 N–H and O–H groups in total. The van der Waals surface area contributed by atoms with E-state index in [2.05, 4.69) is 10.6 Å². The molecule has 92 valence electrons. The van der Waals surface area contributed by atoms with Crippen LogP contribution in [0, 0.1) is 24.0 Å². The number of nitrogens with one attached hydrogen (secondary N) is 2. The molecule has 0 heterocycles.